The van der Waals surface area contributed by atoms with E-state index >= 15 is 0 Å². The van der Waals surface area contributed by atoms with Crippen molar-refractivity contribution in [2.24, 2.45) is 0 Å². The van der Waals surface area contributed by atoms with Crippen LogP contribution < -0.4 is 5.32 Å². The van der Waals surface area contributed by atoms with Gasteiger partial charge < -0.3 is 24.4 Å². The molecule has 0 aromatic rings. The minimum atomic E-state index is -0.963. The summed E-state index contributed by atoms with van der Waals surface area (Å²) in [5.41, 5.74) is -0.707. The monoisotopic (exact) mass is 345 g/mol. The molecule has 1 aliphatic rings. The van der Waals surface area contributed by atoms with Gasteiger partial charge in [0.2, 0.25) is 5.91 Å². The van der Waals surface area contributed by atoms with Crippen molar-refractivity contribution in [3.8, 4) is 0 Å². The summed E-state index contributed by atoms with van der Waals surface area (Å²) >= 11 is 0. The molecule has 1 aliphatic heterocycles. The van der Waals surface area contributed by atoms with E-state index in [1.54, 1.807) is 20.8 Å². The zero-order valence-electron chi connectivity index (χ0n) is 14.5. The Morgan fingerprint density at radius 3 is 2.25 bits per heavy atom. The lowest BCUT2D eigenvalue weighted by Gasteiger charge is -2.24. The molecule has 24 heavy (non-hydrogen) atoms. The van der Waals surface area contributed by atoms with Gasteiger partial charge in [-0.3, -0.25) is 9.69 Å². The second-order valence-corrected chi connectivity index (χ2v) is 6.09. The van der Waals surface area contributed by atoms with E-state index in [1.807, 2.05) is 0 Å². The van der Waals surface area contributed by atoms with Crippen molar-refractivity contribution < 1.29 is 33.4 Å². The molecule has 0 unspecified atom stereocenters. The Morgan fingerprint density at radius 2 is 1.75 bits per heavy atom. The fourth-order valence-corrected chi connectivity index (χ4v) is 2.02. The molecule has 136 valence electrons. The number of esters is 1. The average Bonchev–Trinajstić information content (AvgIpc) is 2.95. The first-order chi connectivity index (χ1) is 11.1. The lowest BCUT2D eigenvalue weighted by Crippen LogP contribution is -2.46. The molecule has 1 saturated heterocycles. The number of ether oxygens (including phenoxy) is 3. The molecule has 1 fully saturated rings. The highest BCUT2D eigenvalue weighted by Gasteiger charge is 2.42. The summed E-state index contributed by atoms with van der Waals surface area (Å²) < 4.78 is 14.3. The van der Waals surface area contributed by atoms with Crippen molar-refractivity contribution in [2.45, 2.75) is 32.4 Å². The maximum Gasteiger partial charge on any atom is 0.411 e. The minimum Gasteiger partial charge on any atom is -0.467 e. The Bertz CT molecular complexity index is 515. The van der Waals surface area contributed by atoms with Crippen LogP contribution in [0, 0.1) is 0 Å². The molecule has 1 rings (SSSR count). The number of rotatable bonds is 3. The van der Waals surface area contributed by atoms with E-state index < -0.39 is 35.7 Å². The second kappa shape index (κ2) is 7.84. The van der Waals surface area contributed by atoms with Gasteiger partial charge in [0, 0.05) is 0 Å². The Labute approximate surface area is 140 Å². The average molecular weight is 345 g/mol. The van der Waals surface area contributed by atoms with E-state index in [-0.39, 0.29) is 19.8 Å². The summed E-state index contributed by atoms with van der Waals surface area (Å²) in [6.07, 6.45) is -1.42. The van der Waals surface area contributed by atoms with E-state index in [0.717, 1.165) is 12.0 Å². The number of alkyl carbamates (subject to hydrolysis) is 1. The number of nitrogens with one attached hydrogen (secondary N) is 1. The second-order valence-electron chi connectivity index (χ2n) is 6.09. The third kappa shape index (κ3) is 5.28. The van der Waals surface area contributed by atoms with E-state index in [2.05, 4.69) is 14.8 Å². The molecule has 0 aromatic heterocycles. The molecule has 0 bridgehead atoms. The van der Waals surface area contributed by atoms with Crippen molar-refractivity contribution >= 4 is 24.1 Å². The summed E-state index contributed by atoms with van der Waals surface area (Å²) in [5, 5.41) is 2.23. The number of carbonyl (C=O) groups excluding carboxylic acids is 4. The standard InChI is InChI=1S/C14H23N3O7/c1-14(2,3)24-13(21)16-7-9(11(19)22-4)17(8-16)10(18)6-15-12(20)23-5/h9H,6-8H2,1-5H3,(H,15,20)/t9-/m0/s1. The fourth-order valence-electron chi connectivity index (χ4n) is 2.02. The van der Waals surface area contributed by atoms with Gasteiger partial charge in [-0.2, -0.15) is 0 Å². The van der Waals surface area contributed by atoms with Gasteiger partial charge in [-0.15, -0.1) is 0 Å². The maximum absolute atomic E-state index is 12.2. The summed E-state index contributed by atoms with van der Waals surface area (Å²) in [5.74, 6) is -1.21. The molecule has 0 aliphatic carbocycles. The zero-order valence-corrected chi connectivity index (χ0v) is 14.5. The predicted octanol–water partition coefficient (Wildman–Crippen LogP) is -0.0792. The summed E-state index contributed by atoms with van der Waals surface area (Å²) in [4.78, 5) is 49.6. The molecule has 3 amide bonds. The van der Waals surface area contributed by atoms with Gasteiger partial charge >= 0.3 is 18.2 Å². The first-order valence-corrected chi connectivity index (χ1v) is 7.26. The van der Waals surface area contributed by atoms with Crippen LogP contribution in [-0.4, -0.2) is 79.5 Å². The van der Waals surface area contributed by atoms with Crippen LogP contribution in [0.25, 0.3) is 0 Å². The van der Waals surface area contributed by atoms with E-state index in [4.69, 9.17) is 4.74 Å². The smallest absolute Gasteiger partial charge is 0.411 e. The van der Waals surface area contributed by atoms with Crippen LogP contribution in [0.1, 0.15) is 20.8 Å². The first-order valence-electron chi connectivity index (χ1n) is 7.26. The van der Waals surface area contributed by atoms with Gasteiger partial charge in [0.05, 0.1) is 20.8 Å². The lowest BCUT2D eigenvalue weighted by molar-refractivity contribution is -0.150. The quantitative estimate of drug-likeness (QED) is 0.562. The zero-order chi connectivity index (χ0) is 18.5. The van der Waals surface area contributed by atoms with Crippen LogP contribution in [0.3, 0.4) is 0 Å². The van der Waals surface area contributed by atoms with Gasteiger partial charge in [0.25, 0.3) is 0 Å². The normalized spacial score (nSPS) is 17.3. The summed E-state index contributed by atoms with van der Waals surface area (Å²) in [6.45, 7) is 4.57. The molecule has 0 spiro atoms. The van der Waals surface area contributed by atoms with Crippen molar-refractivity contribution in [3.05, 3.63) is 0 Å². The van der Waals surface area contributed by atoms with Gasteiger partial charge in [0.15, 0.2) is 0 Å². The van der Waals surface area contributed by atoms with Crippen LogP contribution >= 0.6 is 0 Å². The minimum absolute atomic E-state index is 0.0500. The number of nitrogens with zero attached hydrogens (tertiary/aromatic N) is 2. The summed E-state index contributed by atoms with van der Waals surface area (Å²) in [7, 11) is 2.35. The van der Waals surface area contributed by atoms with E-state index in [1.165, 1.54) is 12.0 Å². The third-order valence-electron chi connectivity index (χ3n) is 3.11. The molecule has 0 saturated carbocycles. The molecular weight excluding hydrogens is 322 g/mol. The van der Waals surface area contributed by atoms with Crippen LogP contribution in [0.2, 0.25) is 0 Å². The largest absolute Gasteiger partial charge is 0.467 e. The lowest BCUT2D eigenvalue weighted by atomic mass is 10.2. The number of hydrogen-bond acceptors (Lipinski definition) is 7. The number of carbonyl (C=O) groups is 4. The highest BCUT2D eigenvalue weighted by atomic mass is 16.6. The number of amides is 3. The molecular formula is C14H23N3O7. The Hall–Kier alpha value is -2.52. The van der Waals surface area contributed by atoms with Crippen LogP contribution in [-0.2, 0) is 23.8 Å². The van der Waals surface area contributed by atoms with Crippen LogP contribution in [0.4, 0.5) is 9.59 Å². The van der Waals surface area contributed by atoms with Gasteiger partial charge in [-0.05, 0) is 20.8 Å². The Kier molecular flexibility index (Phi) is 6.38. The Balaban J connectivity index is 2.80. The predicted molar refractivity (Wildman–Crippen MR) is 80.9 cm³/mol. The number of methoxy groups -OCH3 is 2. The topological polar surface area (TPSA) is 114 Å². The van der Waals surface area contributed by atoms with Crippen molar-refractivity contribution in [1.82, 2.24) is 15.1 Å². The van der Waals surface area contributed by atoms with Gasteiger partial charge in [-0.1, -0.05) is 0 Å². The maximum atomic E-state index is 12.2. The van der Waals surface area contributed by atoms with E-state index in [0.29, 0.717) is 0 Å². The SMILES string of the molecule is COC(=O)NCC(=O)N1CN(C(=O)OC(C)(C)C)C[C@H]1C(=O)OC. The molecule has 1 N–H and O–H groups in total. The van der Waals surface area contributed by atoms with Crippen LogP contribution in [0.15, 0.2) is 0 Å². The number of hydrogen-bond donors (Lipinski definition) is 1. The van der Waals surface area contributed by atoms with Crippen LogP contribution in [0.5, 0.6) is 0 Å². The molecule has 1 atom stereocenters. The highest BCUT2D eigenvalue weighted by molar-refractivity contribution is 5.89. The van der Waals surface area contributed by atoms with Gasteiger partial charge in [-0.25, -0.2) is 14.4 Å². The molecule has 10 heteroatoms. The van der Waals surface area contributed by atoms with Crippen molar-refractivity contribution in [2.75, 3.05) is 34.0 Å². The highest BCUT2D eigenvalue weighted by Crippen LogP contribution is 2.18. The summed E-state index contributed by atoms with van der Waals surface area (Å²) in [6, 6.07) is -0.963. The molecule has 0 radical (unpaired) electrons. The van der Waals surface area contributed by atoms with Gasteiger partial charge in [0.1, 0.15) is 24.9 Å². The molecule has 0 aromatic carbocycles. The van der Waals surface area contributed by atoms with E-state index in [9.17, 15) is 19.2 Å². The van der Waals surface area contributed by atoms with Crippen molar-refractivity contribution in [3.63, 3.8) is 0 Å². The molecule has 10 nitrogen and oxygen atoms in total. The third-order valence-corrected chi connectivity index (χ3v) is 3.11. The fraction of sp³-hybridized carbons (Fsp3) is 0.714. The first kappa shape index (κ1) is 19.5. The Morgan fingerprint density at radius 1 is 1.12 bits per heavy atom. The van der Waals surface area contributed by atoms with Crippen molar-refractivity contribution in [1.29, 1.82) is 0 Å². The molecule has 1 heterocycles.